The number of nitro groups is 1. The van der Waals surface area contributed by atoms with Gasteiger partial charge in [0.2, 0.25) is 11.8 Å². The molecule has 8 heteroatoms. The van der Waals surface area contributed by atoms with Crippen molar-refractivity contribution in [1.82, 2.24) is 9.97 Å². The summed E-state index contributed by atoms with van der Waals surface area (Å²) < 4.78 is 0. The molecule has 110 valence electrons. The van der Waals surface area contributed by atoms with Crippen LogP contribution in [0, 0.1) is 17.0 Å². The number of rotatable bonds is 6. The molecule has 7 nitrogen and oxygen atoms in total. The molecule has 0 aliphatic carbocycles. The van der Waals surface area contributed by atoms with Gasteiger partial charge in [0.05, 0.1) is 4.92 Å². The first kappa shape index (κ1) is 14.8. The Morgan fingerprint density at radius 2 is 2.25 bits per heavy atom. The number of nitrogens with one attached hydrogen (secondary N) is 2. The highest BCUT2D eigenvalue weighted by Gasteiger charge is 2.23. The lowest BCUT2D eigenvalue weighted by Crippen LogP contribution is -2.17. The van der Waals surface area contributed by atoms with Gasteiger partial charge in [-0.3, -0.25) is 10.1 Å². The molecule has 20 heavy (non-hydrogen) atoms. The van der Waals surface area contributed by atoms with E-state index >= 15 is 0 Å². The Bertz CT molecular complexity index is 491. The highest BCUT2D eigenvalue weighted by molar-refractivity contribution is 8.00. The molecule has 0 bridgehead atoms. The molecule has 0 spiro atoms. The fourth-order valence-electron chi connectivity index (χ4n) is 2.16. The molecular formula is C12H19N5O2S. The molecule has 1 aromatic rings. The van der Waals surface area contributed by atoms with Crippen molar-refractivity contribution in [2.45, 2.75) is 31.9 Å². The maximum Gasteiger partial charge on any atom is 0.332 e. The van der Waals surface area contributed by atoms with Gasteiger partial charge in [-0.15, -0.1) is 0 Å². The predicted molar refractivity (Wildman–Crippen MR) is 81.6 cm³/mol. The molecule has 1 aliphatic rings. The Kier molecular flexibility index (Phi) is 4.99. The van der Waals surface area contributed by atoms with Gasteiger partial charge >= 0.3 is 5.69 Å². The summed E-state index contributed by atoms with van der Waals surface area (Å²) in [6.45, 7) is 4.95. The van der Waals surface area contributed by atoms with E-state index in [9.17, 15) is 10.1 Å². The van der Waals surface area contributed by atoms with Crippen LogP contribution in [0.4, 0.5) is 17.5 Å². The summed E-state index contributed by atoms with van der Waals surface area (Å²) in [6.07, 6.45) is 2.36. The molecular weight excluding hydrogens is 278 g/mol. The molecule has 2 heterocycles. The first-order chi connectivity index (χ1) is 9.61. The van der Waals surface area contributed by atoms with Crippen LogP contribution in [0.5, 0.6) is 0 Å². The minimum absolute atomic E-state index is 0.0327. The topological polar surface area (TPSA) is 93.0 Å². The number of thioether (sulfide) groups is 1. The van der Waals surface area contributed by atoms with Crippen LogP contribution in [-0.2, 0) is 0 Å². The van der Waals surface area contributed by atoms with Gasteiger partial charge in [0.1, 0.15) is 5.69 Å². The van der Waals surface area contributed by atoms with E-state index in [2.05, 4.69) is 20.6 Å². The van der Waals surface area contributed by atoms with Crippen molar-refractivity contribution in [1.29, 1.82) is 0 Å². The van der Waals surface area contributed by atoms with Crippen LogP contribution in [0.1, 0.15) is 25.5 Å². The number of nitrogens with zero attached hydrogens (tertiary/aromatic N) is 3. The first-order valence-electron chi connectivity index (χ1n) is 6.74. The highest BCUT2D eigenvalue weighted by Crippen LogP contribution is 2.29. The monoisotopic (exact) mass is 297 g/mol. The normalized spacial score (nSPS) is 18.0. The van der Waals surface area contributed by atoms with Crippen molar-refractivity contribution < 1.29 is 4.92 Å². The minimum atomic E-state index is -0.421. The fourth-order valence-corrected chi connectivity index (χ4v) is 3.36. The predicted octanol–water partition coefficient (Wildman–Crippen LogP) is 2.43. The SMILES string of the molecule is CCNc1nc(C)c([N+](=O)[O-])c(NCC2CCCS2)n1. The second-order valence-electron chi connectivity index (χ2n) is 4.63. The van der Waals surface area contributed by atoms with Gasteiger partial charge in [0.25, 0.3) is 0 Å². The zero-order valence-electron chi connectivity index (χ0n) is 11.7. The molecule has 0 saturated carbocycles. The van der Waals surface area contributed by atoms with Crippen LogP contribution < -0.4 is 10.6 Å². The molecule has 1 aromatic heterocycles. The summed E-state index contributed by atoms with van der Waals surface area (Å²) in [6, 6.07) is 0. The number of hydrogen-bond donors (Lipinski definition) is 2. The van der Waals surface area contributed by atoms with E-state index in [0.29, 0.717) is 35.8 Å². The Hall–Kier alpha value is -1.57. The molecule has 1 fully saturated rings. The fraction of sp³-hybridized carbons (Fsp3) is 0.667. The third-order valence-electron chi connectivity index (χ3n) is 3.10. The van der Waals surface area contributed by atoms with Crippen molar-refractivity contribution in [3.63, 3.8) is 0 Å². The minimum Gasteiger partial charge on any atom is -0.363 e. The number of anilines is 2. The second kappa shape index (κ2) is 6.74. The Morgan fingerprint density at radius 3 is 2.85 bits per heavy atom. The molecule has 1 atom stereocenters. The second-order valence-corrected chi connectivity index (χ2v) is 6.04. The average molecular weight is 297 g/mol. The number of hydrogen-bond acceptors (Lipinski definition) is 7. The van der Waals surface area contributed by atoms with Crippen molar-refractivity contribution in [2.24, 2.45) is 0 Å². The van der Waals surface area contributed by atoms with Crippen molar-refractivity contribution >= 4 is 29.2 Å². The van der Waals surface area contributed by atoms with Crippen molar-refractivity contribution in [3.05, 3.63) is 15.8 Å². The van der Waals surface area contributed by atoms with Crippen LogP contribution in [0.15, 0.2) is 0 Å². The standard InChI is InChI=1S/C12H19N5O2S/c1-3-13-12-15-8(2)10(17(18)19)11(16-12)14-7-9-5-4-6-20-9/h9H,3-7H2,1-2H3,(H2,13,14,15,16). The lowest BCUT2D eigenvalue weighted by atomic mass is 10.2. The van der Waals surface area contributed by atoms with Crippen molar-refractivity contribution in [3.8, 4) is 0 Å². The summed E-state index contributed by atoms with van der Waals surface area (Å²) in [4.78, 5) is 19.1. The van der Waals surface area contributed by atoms with E-state index in [1.165, 1.54) is 12.2 Å². The zero-order valence-corrected chi connectivity index (χ0v) is 12.5. The van der Waals surface area contributed by atoms with Gasteiger partial charge in [0, 0.05) is 18.3 Å². The van der Waals surface area contributed by atoms with Crippen LogP contribution in [0.2, 0.25) is 0 Å². The lowest BCUT2D eigenvalue weighted by molar-refractivity contribution is -0.385. The molecule has 2 N–H and O–H groups in total. The Morgan fingerprint density at radius 1 is 1.45 bits per heavy atom. The quantitative estimate of drug-likeness (QED) is 0.615. The van der Waals surface area contributed by atoms with Gasteiger partial charge in [-0.25, -0.2) is 4.98 Å². The van der Waals surface area contributed by atoms with E-state index in [1.807, 2.05) is 18.7 Å². The molecule has 0 amide bonds. The van der Waals surface area contributed by atoms with E-state index in [0.717, 1.165) is 6.42 Å². The summed E-state index contributed by atoms with van der Waals surface area (Å²) in [5, 5.41) is 17.8. The van der Waals surface area contributed by atoms with Gasteiger partial charge < -0.3 is 10.6 Å². The van der Waals surface area contributed by atoms with Crippen LogP contribution in [0.25, 0.3) is 0 Å². The molecule has 1 saturated heterocycles. The number of aryl methyl sites for hydroxylation is 1. The third kappa shape index (κ3) is 3.50. The Balaban J connectivity index is 2.19. The highest BCUT2D eigenvalue weighted by atomic mass is 32.2. The zero-order chi connectivity index (χ0) is 14.5. The first-order valence-corrected chi connectivity index (χ1v) is 7.79. The summed E-state index contributed by atoms with van der Waals surface area (Å²) >= 11 is 1.90. The van der Waals surface area contributed by atoms with E-state index < -0.39 is 4.92 Å². The van der Waals surface area contributed by atoms with E-state index in [1.54, 1.807) is 6.92 Å². The molecule has 0 radical (unpaired) electrons. The molecule has 1 unspecified atom stereocenters. The molecule has 1 aliphatic heterocycles. The maximum atomic E-state index is 11.2. The smallest absolute Gasteiger partial charge is 0.332 e. The van der Waals surface area contributed by atoms with E-state index in [4.69, 9.17) is 0 Å². The summed E-state index contributed by atoms with van der Waals surface area (Å²) in [5.74, 6) is 1.91. The maximum absolute atomic E-state index is 11.2. The average Bonchev–Trinajstić information content (AvgIpc) is 2.88. The van der Waals surface area contributed by atoms with Gasteiger partial charge in [-0.2, -0.15) is 16.7 Å². The van der Waals surface area contributed by atoms with Gasteiger partial charge in [0.15, 0.2) is 0 Å². The van der Waals surface area contributed by atoms with Gasteiger partial charge in [-0.05, 0) is 32.4 Å². The summed E-state index contributed by atoms with van der Waals surface area (Å²) in [7, 11) is 0. The van der Waals surface area contributed by atoms with Crippen LogP contribution in [-0.4, -0.2) is 39.0 Å². The van der Waals surface area contributed by atoms with Crippen molar-refractivity contribution in [2.75, 3.05) is 29.5 Å². The molecule has 0 aromatic carbocycles. The van der Waals surface area contributed by atoms with Crippen LogP contribution >= 0.6 is 11.8 Å². The lowest BCUT2D eigenvalue weighted by Gasteiger charge is -2.12. The summed E-state index contributed by atoms with van der Waals surface area (Å²) in [5.41, 5.74) is 0.345. The molecule has 2 rings (SSSR count). The van der Waals surface area contributed by atoms with Crippen LogP contribution in [0.3, 0.4) is 0 Å². The number of aromatic nitrogens is 2. The Labute approximate surface area is 122 Å². The van der Waals surface area contributed by atoms with Gasteiger partial charge in [-0.1, -0.05) is 0 Å². The third-order valence-corrected chi connectivity index (χ3v) is 4.50. The van der Waals surface area contributed by atoms with E-state index in [-0.39, 0.29) is 5.69 Å². The largest absolute Gasteiger partial charge is 0.363 e.